The molecule has 1 aromatic rings. The first-order valence-corrected chi connectivity index (χ1v) is 6.11. The maximum absolute atomic E-state index is 13.6. The van der Waals surface area contributed by atoms with Crippen molar-refractivity contribution in [3.05, 3.63) is 29.6 Å². The molecule has 0 fully saturated rings. The Morgan fingerprint density at radius 1 is 1.41 bits per heavy atom. The highest BCUT2D eigenvalue weighted by Gasteiger charge is 2.15. The molecule has 0 saturated heterocycles. The molecule has 1 aromatic carbocycles. The lowest BCUT2D eigenvalue weighted by atomic mass is 9.96. The van der Waals surface area contributed by atoms with Crippen LogP contribution in [-0.4, -0.2) is 19.5 Å². The minimum absolute atomic E-state index is 0.0184. The van der Waals surface area contributed by atoms with Crippen molar-refractivity contribution in [2.45, 2.75) is 20.4 Å². The fourth-order valence-electron chi connectivity index (χ4n) is 1.38. The molecule has 0 unspecified atom stereocenters. The summed E-state index contributed by atoms with van der Waals surface area (Å²) in [6.45, 7) is 5.38. The third kappa shape index (κ3) is 4.52. The molecule has 1 rings (SSSR count). The molecule has 96 valence electrons. The third-order valence-electron chi connectivity index (χ3n) is 2.54. The van der Waals surface area contributed by atoms with Gasteiger partial charge in [0.15, 0.2) is 0 Å². The van der Waals surface area contributed by atoms with Crippen LogP contribution >= 0.6 is 11.6 Å². The molecule has 0 aliphatic carbocycles. The summed E-state index contributed by atoms with van der Waals surface area (Å²) in [7, 11) is 1.52. The second kappa shape index (κ2) is 6.22. The lowest BCUT2D eigenvalue weighted by Gasteiger charge is -2.21. The molecule has 4 heteroatoms. The van der Waals surface area contributed by atoms with Gasteiger partial charge in [0.2, 0.25) is 0 Å². The molecule has 17 heavy (non-hydrogen) atoms. The molecule has 0 aromatic heterocycles. The molecule has 0 amide bonds. The van der Waals surface area contributed by atoms with Gasteiger partial charge in [-0.25, -0.2) is 4.39 Å². The van der Waals surface area contributed by atoms with E-state index >= 15 is 0 Å². The van der Waals surface area contributed by atoms with Crippen molar-refractivity contribution in [1.29, 1.82) is 0 Å². The Morgan fingerprint density at radius 3 is 2.65 bits per heavy atom. The van der Waals surface area contributed by atoms with E-state index in [1.54, 1.807) is 12.1 Å². The van der Waals surface area contributed by atoms with E-state index in [1.807, 2.05) is 0 Å². The summed E-state index contributed by atoms with van der Waals surface area (Å²) < 4.78 is 18.5. The van der Waals surface area contributed by atoms with Crippen molar-refractivity contribution in [3.63, 3.8) is 0 Å². The van der Waals surface area contributed by atoms with Gasteiger partial charge in [0.05, 0.1) is 7.11 Å². The van der Waals surface area contributed by atoms with Crippen LogP contribution < -0.4 is 10.1 Å². The predicted molar refractivity (Wildman–Crippen MR) is 69.2 cm³/mol. The first-order valence-electron chi connectivity index (χ1n) is 5.57. The zero-order valence-corrected chi connectivity index (χ0v) is 11.3. The van der Waals surface area contributed by atoms with Crippen LogP contribution in [0.4, 0.5) is 4.39 Å². The van der Waals surface area contributed by atoms with Gasteiger partial charge in [0.25, 0.3) is 0 Å². The molecular formula is C13H19ClFNO. The standard InChI is InChI=1S/C13H19ClFNO/c1-13(2,8-14)9-16-7-10-4-5-11(17-3)6-12(10)15/h4-6,16H,7-9H2,1-3H3. The monoisotopic (exact) mass is 259 g/mol. The van der Waals surface area contributed by atoms with Gasteiger partial charge < -0.3 is 10.1 Å². The number of benzene rings is 1. The Bertz CT molecular complexity index is 368. The van der Waals surface area contributed by atoms with Gasteiger partial charge >= 0.3 is 0 Å². The zero-order chi connectivity index (χ0) is 12.9. The van der Waals surface area contributed by atoms with E-state index in [1.165, 1.54) is 13.2 Å². The van der Waals surface area contributed by atoms with E-state index < -0.39 is 0 Å². The first kappa shape index (κ1) is 14.3. The highest BCUT2D eigenvalue weighted by Crippen LogP contribution is 2.18. The van der Waals surface area contributed by atoms with Crippen molar-refractivity contribution >= 4 is 11.6 Å². The van der Waals surface area contributed by atoms with Crippen molar-refractivity contribution in [2.75, 3.05) is 19.5 Å². The second-order valence-corrected chi connectivity index (χ2v) is 5.13. The van der Waals surface area contributed by atoms with Gasteiger partial charge in [-0.2, -0.15) is 0 Å². The number of ether oxygens (including phenoxy) is 1. The number of halogens is 2. The summed E-state index contributed by atoms with van der Waals surface area (Å²) >= 11 is 5.82. The normalized spacial score (nSPS) is 11.6. The molecule has 0 heterocycles. The quantitative estimate of drug-likeness (QED) is 0.793. The van der Waals surface area contributed by atoms with Gasteiger partial charge in [-0.05, 0) is 11.5 Å². The van der Waals surface area contributed by atoms with E-state index in [2.05, 4.69) is 19.2 Å². The molecule has 0 aliphatic heterocycles. The minimum Gasteiger partial charge on any atom is -0.497 e. The maximum atomic E-state index is 13.6. The van der Waals surface area contributed by atoms with Crippen LogP contribution in [0.1, 0.15) is 19.4 Å². The van der Waals surface area contributed by atoms with Crippen LogP contribution in [-0.2, 0) is 6.54 Å². The largest absolute Gasteiger partial charge is 0.497 e. The van der Waals surface area contributed by atoms with Crippen LogP contribution in [0.25, 0.3) is 0 Å². The van der Waals surface area contributed by atoms with Gasteiger partial charge in [0, 0.05) is 30.6 Å². The molecule has 2 nitrogen and oxygen atoms in total. The summed E-state index contributed by atoms with van der Waals surface area (Å²) in [6, 6.07) is 4.88. The number of alkyl halides is 1. The smallest absolute Gasteiger partial charge is 0.131 e. The van der Waals surface area contributed by atoms with Crippen molar-refractivity contribution < 1.29 is 9.13 Å². The predicted octanol–water partition coefficient (Wildman–Crippen LogP) is 3.19. The Kier molecular flexibility index (Phi) is 5.22. The molecule has 0 spiro atoms. The summed E-state index contributed by atoms with van der Waals surface area (Å²) in [6.07, 6.45) is 0. The number of rotatable bonds is 6. The summed E-state index contributed by atoms with van der Waals surface area (Å²) in [4.78, 5) is 0. The molecule has 0 saturated carbocycles. The highest BCUT2D eigenvalue weighted by molar-refractivity contribution is 6.18. The van der Waals surface area contributed by atoms with Crippen LogP contribution in [0.15, 0.2) is 18.2 Å². The fraction of sp³-hybridized carbons (Fsp3) is 0.538. The van der Waals surface area contributed by atoms with Crippen LogP contribution in [0.2, 0.25) is 0 Å². The first-order chi connectivity index (χ1) is 7.98. The number of hydrogen-bond donors (Lipinski definition) is 1. The highest BCUT2D eigenvalue weighted by atomic mass is 35.5. The van der Waals surface area contributed by atoms with Crippen LogP contribution in [0, 0.1) is 11.2 Å². The fourth-order valence-corrected chi connectivity index (χ4v) is 1.48. The van der Waals surface area contributed by atoms with Crippen molar-refractivity contribution in [1.82, 2.24) is 5.32 Å². The van der Waals surface area contributed by atoms with E-state index in [4.69, 9.17) is 16.3 Å². The Labute approximate surface area is 107 Å². The lowest BCUT2D eigenvalue weighted by Crippen LogP contribution is -2.30. The van der Waals surface area contributed by atoms with Gasteiger partial charge in [-0.1, -0.05) is 19.9 Å². The van der Waals surface area contributed by atoms with E-state index in [0.717, 1.165) is 6.54 Å². The SMILES string of the molecule is COc1ccc(CNCC(C)(C)CCl)c(F)c1. The second-order valence-electron chi connectivity index (χ2n) is 4.86. The Morgan fingerprint density at radius 2 is 2.12 bits per heavy atom. The topological polar surface area (TPSA) is 21.3 Å². The van der Waals surface area contributed by atoms with Crippen molar-refractivity contribution in [2.24, 2.45) is 5.41 Å². The van der Waals surface area contributed by atoms with Gasteiger partial charge in [0.1, 0.15) is 11.6 Å². The van der Waals surface area contributed by atoms with Crippen LogP contribution in [0.5, 0.6) is 5.75 Å². The number of hydrogen-bond acceptors (Lipinski definition) is 2. The molecular weight excluding hydrogens is 241 g/mol. The third-order valence-corrected chi connectivity index (χ3v) is 3.26. The van der Waals surface area contributed by atoms with Crippen molar-refractivity contribution in [3.8, 4) is 5.75 Å². The molecule has 0 bridgehead atoms. The molecule has 0 radical (unpaired) electrons. The van der Waals surface area contributed by atoms with E-state index in [-0.39, 0.29) is 11.2 Å². The summed E-state index contributed by atoms with van der Waals surface area (Å²) in [5, 5.41) is 3.21. The van der Waals surface area contributed by atoms with E-state index in [9.17, 15) is 4.39 Å². The van der Waals surface area contributed by atoms with Crippen LogP contribution in [0.3, 0.4) is 0 Å². The Hall–Kier alpha value is -0.800. The average molecular weight is 260 g/mol. The Balaban J connectivity index is 2.52. The molecule has 0 atom stereocenters. The zero-order valence-electron chi connectivity index (χ0n) is 10.5. The number of nitrogens with one attached hydrogen (secondary N) is 1. The molecule has 1 N–H and O–H groups in total. The van der Waals surface area contributed by atoms with Gasteiger partial charge in [-0.3, -0.25) is 0 Å². The maximum Gasteiger partial charge on any atom is 0.131 e. The average Bonchev–Trinajstić information content (AvgIpc) is 2.31. The minimum atomic E-state index is -0.250. The number of methoxy groups -OCH3 is 1. The summed E-state index contributed by atoms with van der Waals surface area (Å²) in [5.74, 6) is 0.860. The lowest BCUT2D eigenvalue weighted by molar-refractivity contribution is 0.382. The van der Waals surface area contributed by atoms with Gasteiger partial charge in [-0.15, -0.1) is 11.6 Å². The van der Waals surface area contributed by atoms with E-state index in [0.29, 0.717) is 23.7 Å². The summed E-state index contributed by atoms with van der Waals surface area (Å²) in [5.41, 5.74) is 0.654. The molecule has 0 aliphatic rings.